The van der Waals surface area contributed by atoms with Crippen molar-refractivity contribution in [3.63, 3.8) is 0 Å². The Morgan fingerprint density at radius 3 is 2.15 bits per heavy atom. The molecule has 0 saturated heterocycles. The van der Waals surface area contributed by atoms with Crippen LogP contribution in [0.2, 0.25) is 0 Å². The third-order valence-corrected chi connectivity index (χ3v) is 2.10. The van der Waals surface area contributed by atoms with Crippen LogP contribution in [0.1, 0.15) is 28.5 Å². The van der Waals surface area contributed by atoms with Gasteiger partial charge < -0.3 is 7.96 Å². The Kier molecular flexibility index (Phi) is 10.3. The largest absolute Gasteiger partial charge is 2.00 e. The molecular weight excluding hydrogens is 272 g/mol. The first-order valence-electron chi connectivity index (χ1n) is 3.59. The SMILES string of the molecule is O=C(O)CCCCCS(=O)(=O)O.[H-].[H-].[Sr+2]. The minimum atomic E-state index is -3.87. The maximum atomic E-state index is 10.2. The van der Waals surface area contributed by atoms with E-state index in [1.807, 2.05) is 0 Å². The maximum absolute atomic E-state index is 10.2. The summed E-state index contributed by atoms with van der Waals surface area (Å²) in [4.78, 5) is 9.99. The van der Waals surface area contributed by atoms with Crippen molar-refractivity contribution in [2.24, 2.45) is 0 Å². The number of hydrogen-bond donors (Lipinski definition) is 2. The van der Waals surface area contributed by atoms with Crippen LogP contribution in [0, 0.1) is 0 Å². The summed E-state index contributed by atoms with van der Waals surface area (Å²) in [5.41, 5.74) is 0. The second-order valence-corrected chi connectivity index (χ2v) is 4.06. The fourth-order valence-corrected chi connectivity index (χ4v) is 1.31. The number of carboxylic acids is 1. The molecule has 0 atom stereocenters. The minimum Gasteiger partial charge on any atom is -1.00 e. The van der Waals surface area contributed by atoms with Gasteiger partial charge in [0, 0.05) is 6.42 Å². The molecule has 0 aliphatic heterocycles. The van der Waals surface area contributed by atoms with Gasteiger partial charge in [-0.15, -0.1) is 0 Å². The zero-order chi connectivity index (χ0) is 9.61. The van der Waals surface area contributed by atoms with Crippen molar-refractivity contribution >= 4 is 61.6 Å². The molecule has 2 N–H and O–H groups in total. The van der Waals surface area contributed by atoms with E-state index >= 15 is 0 Å². The van der Waals surface area contributed by atoms with Gasteiger partial charge in [0.1, 0.15) is 0 Å². The summed E-state index contributed by atoms with van der Waals surface area (Å²) in [5, 5.41) is 8.21. The number of unbranched alkanes of at least 4 members (excludes halogenated alkanes) is 2. The summed E-state index contributed by atoms with van der Waals surface area (Å²) in [6.07, 6.45) is 1.31. The quantitative estimate of drug-likeness (QED) is 0.418. The molecule has 5 nitrogen and oxygen atoms in total. The molecule has 0 amide bonds. The predicted octanol–water partition coefficient (Wildman–Crippen LogP) is 0.363. The van der Waals surface area contributed by atoms with Gasteiger partial charge in [0.25, 0.3) is 10.1 Å². The normalized spacial score (nSPS) is 10.5. The molecule has 0 saturated carbocycles. The maximum Gasteiger partial charge on any atom is 2.00 e. The van der Waals surface area contributed by atoms with Crippen LogP contribution in [0.4, 0.5) is 0 Å². The molecule has 0 aliphatic rings. The molecule has 0 rings (SSSR count). The fourth-order valence-electron chi connectivity index (χ4n) is 0.737. The summed E-state index contributed by atoms with van der Waals surface area (Å²) in [5.74, 6) is -1.17. The van der Waals surface area contributed by atoms with Crippen molar-refractivity contribution in [3.8, 4) is 0 Å². The molecule has 76 valence electrons. The second kappa shape index (κ2) is 8.19. The summed E-state index contributed by atoms with van der Waals surface area (Å²) in [7, 11) is -3.87. The Morgan fingerprint density at radius 1 is 1.23 bits per heavy atom. The van der Waals surface area contributed by atoms with E-state index in [-0.39, 0.29) is 60.5 Å². The molecule has 0 aromatic rings. The van der Waals surface area contributed by atoms with E-state index in [0.717, 1.165) is 0 Å². The molecule has 7 heteroatoms. The van der Waals surface area contributed by atoms with Crippen molar-refractivity contribution in [1.29, 1.82) is 0 Å². The third kappa shape index (κ3) is 15.6. The first kappa shape index (κ1) is 16.3. The number of carboxylic acid groups (broad SMARTS) is 1. The third-order valence-electron chi connectivity index (χ3n) is 1.29. The van der Waals surface area contributed by atoms with Crippen molar-refractivity contribution in [2.75, 3.05) is 5.75 Å². The van der Waals surface area contributed by atoms with E-state index in [4.69, 9.17) is 9.66 Å². The molecule has 0 aromatic carbocycles. The van der Waals surface area contributed by atoms with Crippen LogP contribution < -0.4 is 0 Å². The first-order chi connectivity index (χ1) is 5.42. The van der Waals surface area contributed by atoms with Crippen LogP contribution in [0.3, 0.4) is 0 Å². The zero-order valence-electron chi connectivity index (χ0n) is 9.27. The summed E-state index contributed by atoms with van der Waals surface area (Å²) in [6.45, 7) is 0. The molecule has 13 heavy (non-hydrogen) atoms. The van der Waals surface area contributed by atoms with Gasteiger partial charge in [0.2, 0.25) is 0 Å². The van der Waals surface area contributed by atoms with Crippen LogP contribution in [-0.2, 0) is 14.9 Å². The van der Waals surface area contributed by atoms with Gasteiger partial charge in [-0.2, -0.15) is 8.42 Å². The van der Waals surface area contributed by atoms with E-state index in [1.165, 1.54) is 0 Å². The number of hydrogen-bond acceptors (Lipinski definition) is 3. The van der Waals surface area contributed by atoms with Gasteiger partial charge in [-0.1, -0.05) is 6.42 Å². The van der Waals surface area contributed by atoms with Crippen LogP contribution in [-0.4, -0.2) is 75.3 Å². The number of carbonyl (C=O) groups is 1. The van der Waals surface area contributed by atoms with Gasteiger partial charge in [0.15, 0.2) is 0 Å². The molecule has 0 radical (unpaired) electrons. The van der Waals surface area contributed by atoms with Crippen molar-refractivity contribution in [1.82, 2.24) is 0 Å². The van der Waals surface area contributed by atoms with Gasteiger partial charge in [-0.05, 0) is 12.8 Å². The van der Waals surface area contributed by atoms with E-state index in [2.05, 4.69) is 0 Å². The molecule has 0 fully saturated rings. The van der Waals surface area contributed by atoms with E-state index in [1.54, 1.807) is 0 Å². The molecule has 0 aliphatic carbocycles. The molecular formula is C6H14O5SSr. The van der Waals surface area contributed by atoms with Crippen molar-refractivity contribution < 1.29 is 25.7 Å². The smallest absolute Gasteiger partial charge is 1.00 e. The first-order valence-corrected chi connectivity index (χ1v) is 5.20. The number of rotatable bonds is 6. The number of aliphatic carboxylic acids is 1. The average Bonchev–Trinajstić information content (AvgIpc) is 1.83. The Morgan fingerprint density at radius 2 is 1.77 bits per heavy atom. The molecule has 0 aromatic heterocycles. The topological polar surface area (TPSA) is 91.7 Å². The van der Waals surface area contributed by atoms with Crippen molar-refractivity contribution in [3.05, 3.63) is 0 Å². The molecule has 0 unspecified atom stereocenters. The van der Waals surface area contributed by atoms with Gasteiger partial charge in [0.05, 0.1) is 5.75 Å². The monoisotopic (exact) mass is 286 g/mol. The van der Waals surface area contributed by atoms with E-state index in [0.29, 0.717) is 19.3 Å². The molecule has 0 bridgehead atoms. The van der Waals surface area contributed by atoms with Gasteiger partial charge >= 0.3 is 51.5 Å². The second-order valence-electron chi connectivity index (χ2n) is 2.49. The zero-order valence-corrected chi connectivity index (χ0v) is 11.6. The van der Waals surface area contributed by atoms with E-state index in [9.17, 15) is 13.2 Å². The van der Waals surface area contributed by atoms with Crippen LogP contribution in [0.5, 0.6) is 0 Å². The standard InChI is InChI=1S/C6H12O5S.Sr.2H/c7-6(8)4-2-1-3-5-12(9,10)11;;;/h1-5H2,(H,7,8)(H,9,10,11);;;/q;+2;2*-1. The Labute approximate surface area is 118 Å². The Bertz CT molecular complexity index is 244. The minimum absolute atomic E-state index is 0. The van der Waals surface area contributed by atoms with Gasteiger partial charge in [-0.3, -0.25) is 9.35 Å². The summed E-state index contributed by atoms with van der Waals surface area (Å²) < 4.78 is 28.6. The molecule has 0 heterocycles. The van der Waals surface area contributed by atoms with Crippen LogP contribution >= 0.6 is 0 Å². The van der Waals surface area contributed by atoms with Gasteiger partial charge in [-0.25, -0.2) is 0 Å². The fraction of sp³-hybridized carbons (Fsp3) is 0.833. The summed E-state index contributed by atoms with van der Waals surface area (Å²) >= 11 is 0. The van der Waals surface area contributed by atoms with Crippen molar-refractivity contribution in [2.45, 2.75) is 25.7 Å². The van der Waals surface area contributed by atoms with Crippen LogP contribution in [0.15, 0.2) is 0 Å². The Balaban J connectivity index is -0.000000202. The molecule has 0 spiro atoms. The average molecular weight is 286 g/mol. The van der Waals surface area contributed by atoms with E-state index < -0.39 is 16.1 Å². The predicted molar refractivity (Wildman–Crippen MR) is 50.5 cm³/mol. The Hall–Kier alpha value is 0.861. The summed E-state index contributed by atoms with van der Waals surface area (Å²) in [6, 6.07) is 0. The van der Waals surface area contributed by atoms with Crippen LogP contribution in [0.25, 0.3) is 0 Å².